The van der Waals surface area contributed by atoms with Gasteiger partial charge in [-0.15, -0.1) is 0 Å². The summed E-state index contributed by atoms with van der Waals surface area (Å²) in [5.74, 6) is 0.850. The van der Waals surface area contributed by atoms with Crippen molar-refractivity contribution in [1.82, 2.24) is 0 Å². The molecular weight excluding hydrogens is 206 g/mol. The van der Waals surface area contributed by atoms with E-state index in [1.54, 1.807) is 5.56 Å². The lowest BCUT2D eigenvalue weighted by molar-refractivity contribution is 0.585. The highest BCUT2D eigenvalue weighted by atomic mass is 14.8. The summed E-state index contributed by atoms with van der Waals surface area (Å²) in [5, 5.41) is 2.80. The van der Waals surface area contributed by atoms with Gasteiger partial charge in [0.2, 0.25) is 0 Å². The highest BCUT2D eigenvalue weighted by Gasteiger charge is 2.60. The van der Waals surface area contributed by atoms with Crippen LogP contribution >= 0.6 is 0 Å². The van der Waals surface area contributed by atoms with Gasteiger partial charge in [0, 0.05) is 11.5 Å². The molecule has 0 aliphatic heterocycles. The van der Waals surface area contributed by atoms with Crippen LogP contribution in [0.2, 0.25) is 0 Å². The van der Waals surface area contributed by atoms with Crippen LogP contribution in [0.1, 0.15) is 24.8 Å². The topological polar surface area (TPSA) is 26.0 Å². The molecule has 0 aromatic heterocycles. The average Bonchev–Trinajstić information content (AvgIpc) is 2.92. The van der Waals surface area contributed by atoms with Gasteiger partial charge in [-0.2, -0.15) is 0 Å². The lowest BCUT2D eigenvalue weighted by Crippen LogP contribution is -2.20. The molecule has 3 atom stereocenters. The molecule has 0 spiro atoms. The van der Waals surface area contributed by atoms with Gasteiger partial charge in [0.05, 0.1) is 0 Å². The van der Waals surface area contributed by atoms with E-state index in [1.165, 1.54) is 30.0 Å². The first-order valence-electron chi connectivity index (χ1n) is 6.53. The van der Waals surface area contributed by atoms with Gasteiger partial charge in [-0.1, -0.05) is 42.5 Å². The maximum Gasteiger partial charge on any atom is 0.00503 e. The van der Waals surface area contributed by atoms with Crippen molar-refractivity contribution < 1.29 is 0 Å². The van der Waals surface area contributed by atoms with Crippen molar-refractivity contribution in [3.05, 3.63) is 48.0 Å². The number of hydrogen-bond acceptors (Lipinski definition) is 1. The number of nitrogens with two attached hydrogens (primary N) is 1. The first kappa shape index (κ1) is 9.67. The first-order valence-corrected chi connectivity index (χ1v) is 6.53. The summed E-state index contributed by atoms with van der Waals surface area (Å²) in [6.07, 6.45) is 3.77. The van der Waals surface area contributed by atoms with E-state index in [0.29, 0.717) is 11.5 Å². The van der Waals surface area contributed by atoms with E-state index in [1.807, 2.05) is 0 Å². The quantitative estimate of drug-likeness (QED) is 0.789. The van der Waals surface area contributed by atoms with Crippen LogP contribution in [-0.4, -0.2) is 6.04 Å². The fourth-order valence-electron chi connectivity index (χ4n) is 3.96. The third-order valence-corrected chi connectivity index (χ3v) is 4.77. The Kier molecular flexibility index (Phi) is 1.77. The van der Waals surface area contributed by atoms with Crippen LogP contribution in [0, 0.1) is 5.92 Å². The molecular formula is C16H17N. The van der Waals surface area contributed by atoms with Gasteiger partial charge in [0.25, 0.3) is 0 Å². The summed E-state index contributed by atoms with van der Waals surface area (Å²) in [5.41, 5.74) is 8.10. The summed E-state index contributed by atoms with van der Waals surface area (Å²) in [6, 6.07) is 15.9. The van der Waals surface area contributed by atoms with Crippen LogP contribution in [0.25, 0.3) is 10.8 Å². The summed E-state index contributed by atoms with van der Waals surface area (Å²) < 4.78 is 0. The van der Waals surface area contributed by atoms with E-state index >= 15 is 0 Å². The summed E-state index contributed by atoms with van der Waals surface area (Å²) in [7, 11) is 0. The van der Waals surface area contributed by atoms with Gasteiger partial charge in [0.1, 0.15) is 0 Å². The molecule has 2 aliphatic carbocycles. The molecule has 4 rings (SSSR count). The average molecular weight is 223 g/mol. The Labute approximate surface area is 102 Å². The molecule has 1 nitrogen and oxygen atoms in total. The largest absolute Gasteiger partial charge is 0.328 e. The Balaban J connectivity index is 1.92. The second-order valence-corrected chi connectivity index (χ2v) is 5.78. The van der Waals surface area contributed by atoms with Crippen molar-refractivity contribution >= 4 is 10.8 Å². The smallest absolute Gasteiger partial charge is 0.00503 e. The minimum atomic E-state index is 0.424. The van der Waals surface area contributed by atoms with Crippen molar-refractivity contribution in [2.45, 2.75) is 30.7 Å². The summed E-state index contributed by atoms with van der Waals surface area (Å²) in [6.45, 7) is 0. The molecule has 2 N–H and O–H groups in total. The molecule has 2 fully saturated rings. The monoisotopic (exact) mass is 223 g/mol. The molecule has 17 heavy (non-hydrogen) atoms. The molecule has 0 bridgehead atoms. The Morgan fingerprint density at radius 3 is 2.65 bits per heavy atom. The Hall–Kier alpha value is -1.34. The molecule has 0 amide bonds. The lowest BCUT2D eigenvalue weighted by Gasteiger charge is -2.17. The van der Waals surface area contributed by atoms with Crippen LogP contribution in [0.15, 0.2) is 42.5 Å². The highest BCUT2D eigenvalue weighted by Crippen LogP contribution is 2.64. The SMILES string of the molecule is N[C@H]1CC2C[C@@]2(c2cccc3ccccc23)C1. The molecule has 86 valence electrons. The molecule has 2 aromatic carbocycles. The number of fused-ring (bicyclic) bond motifs is 2. The predicted molar refractivity (Wildman–Crippen MR) is 70.9 cm³/mol. The molecule has 0 saturated heterocycles. The van der Waals surface area contributed by atoms with Crippen molar-refractivity contribution in [2.24, 2.45) is 11.7 Å². The maximum absolute atomic E-state index is 6.12. The zero-order valence-electron chi connectivity index (χ0n) is 9.89. The van der Waals surface area contributed by atoms with Crippen molar-refractivity contribution in [1.29, 1.82) is 0 Å². The number of hydrogen-bond donors (Lipinski definition) is 1. The van der Waals surface area contributed by atoms with Crippen molar-refractivity contribution in [3.63, 3.8) is 0 Å². The van der Waals surface area contributed by atoms with E-state index in [4.69, 9.17) is 5.73 Å². The third kappa shape index (κ3) is 1.23. The molecule has 1 heteroatoms. The van der Waals surface area contributed by atoms with Crippen LogP contribution < -0.4 is 5.73 Å². The Morgan fingerprint density at radius 1 is 1.00 bits per heavy atom. The fourth-order valence-corrected chi connectivity index (χ4v) is 3.96. The molecule has 2 aromatic rings. The van der Waals surface area contributed by atoms with Crippen LogP contribution in [0.5, 0.6) is 0 Å². The first-order chi connectivity index (χ1) is 8.29. The van der Waals surface area contributed by atoms with Crippen LogP contribution in [0.3, 0.4) is 0 Å². The van der Waals surface area contributed by atoms with E-state index in [0.717, 1.165) is 5.92 Å². The second-order valence-electron chi connectivity index (χ2n) is 5.78. The van der Waals surface area contributed by atoms with E-state index in [-0.39, 0.29) is 0 Å². The highest BCUT2D eigenvalue weighted by molar-refractivity contribution is 5.87. The van der Waals surface area contributed by atoms with Gasteiger partial charge < -0.3 is 5.73 Å². The second kappa shape index (κ2) is 3.11. The number of rotatable bonds is 1. The normalized spacial score (nSPS) is 34.9. The molecule has 1 unspecified atom stereocenters. The van der Waals surface area contributed by atoms with E-state index in [2.05, 4.69) is 42.5 Å². The minimum absolute atomic E-state index is 0.424. The van der Waals surface area contributed by atoms with Gasteiger partial charge in [-0.25, -0.2) is 0 Å². The minimum Gasteiger partial charge on any atom is -0.328 e. The Bertz CT molecular complexity index is 584. The van der Waals surface area contributed by atoms with Crippen molar-refractivity contribution in [2.75, 3.05) is 0 Å². The summed E-state index contributed by atoms with van der Waals surface area (Å²) >= 11 is 0. The Morgan fingerprint density at radius 2 is 1.82 bits per heavy atom. The molecule has 0 radical (unpaired) electrons. The van der Waals surface area contributed by atoms with E-state index in [9.17, 15) is 0 Å². The lowest BCUT2D eigenvalue weighted by atomic mass is 9.88. The standard InChI is InChI=1S/C16H17N/c17-13-8-12-9-16(12,10-13)15-7-3-5-11-4-1-2-6-14(11)15/h1-7,12-13H,8-10,17H2/t12?,13-,16+/m0/s1. The fraction of sp³-hybridized carbons (Fsp3) is 0.375. The van der Waals surface area contributed by atoms with Gasteiger partial charge >= 0.3 is 0 Å². The summed E-state index contributed by atoms with van der Waals surface area (Å²) in [4.78, 5) is 0. The predicted octanol–water partition coefficient (Wildman–Crippen LogP) is 3.22. The van der Waals surface area contributed by atoms with Crippen LogP contribution in [0.4, 0.5) is 0 Å². The molecule has 0 heterocycles. The maximum atomic E-state index is 6.12. The third-order valence-electron chi connectivity index (χ3n) is 4.77. The van der Waals surface area contributed by atoms with Gasteiger partial charge in [0.15, 0.2) is 0 Å². The number of benzene rings is 2. The van der Waals surface area contributed by atoms with Crippen molar-refractivity contribution in [3.8, 4) is 0 Å². The van der Waals surface area contributed by atoms with Gasteiger partial charge in [-0.05, 0) is 41.5 Å². The molecule has 2 saturated carbocycles. The van der Waals surface area contributed by atoms with Crippen LogP contribution in [-0.2, 0) is 5.41 Å². The zero-order chi connectivity index (χ0) is 11.5. The van der Waals surface area contributed by atoms with E-state index < -0.39 is 0 Å². The molecule has 2 aliphatic rings. The zero-order valence-corrected chi connectivity index (χ0v) is 9.89. The van der Waals surface area contributed by atoms with Gasteiger partial charge in [-0.3, -0.25) is 0 Å².